The summed E-state index contributed by atoms with van der Waals surface area (Å²) in [6.45, 7) is 5.09. The maximum absolute atomic E-state index is 12.3. The number of hydrogen-bond acceptors (Lipinski definition) is 5. The minimum atomic E-state index is -0.256. The van der Waals surface area contributed by atoms with Crippen LogP contribution < -0.4 is 5.56 Å². The Morgan fingerprint density at radius 1 is 1.25 bits per heavy atom. The molecule has 0 bridgehead atoms. The number of aromatic amines is 1. The van der Waals surface area contributed by atoms with Gasteiger partial charge in [-0.25, -0.2) is 4.98 Å². The molecule has 3 aromatic rings. The lowest BCUT2D eigenvalue weighted by molar-refractivity contribution is -0.130. The van der Waals surface area contributed by atoms with Crippen LogP contribution in [0.15, 0.2) is 33.5 Å². The summed E-state index contributed by atoms with van der Waals surface area (Å²) in [6.07, 6.45) is 0. The minimum Gasteiger partial charge on any atom is -0.449 e. The van der Waals surface area contributed by atoms with Crippen molar-refractivity contribution in [2.75, 3.05) is 26.2 Å². The van der Waals surface area contributed by atoms with E-state index in [1.807, 2.05) is 29.2 Å². The number of nitrogens with zero attached hydrogens (tertiary/aromatic N) is 3. The number of nitrogens with one attached hydrogen (secondary N) is 1. The number of carbonyl (C=O) groups is 1. The van der Waals surface area contributed by atoms with Crippen molar-refractivity contribution in [1.82, 2.24) is 19.8 Å². The predicted octanol–water partition coefficient (Wildman–Crippen LogP) is 1.33. The molecule has 0 unspecified atom stereocenters. The second-order valence-electron chi connectivity index (χ2n) is 6.07. The van der Waals surface area contributed by atoms with Crippen LogP contribution in [0.25, 0.3) is 22.1 Å². The second-order valence-corrected chi connectivity index (χ2v) is 6.07. The zero-order valence-corrected chi connectivity index (χ0v) is 13.4. The van der Waals surface area contributed by atoms with E-state index < -0.39 is 0 Å². The first-order chi connectivity index (χ1) is 11.6. The van der Waals surface area contributed by atoms with Crippen LogP contribution >= 0.6 is 0 Å². The van der Waals surface area contributed by atoms with Crippen molar-refractivity contribution < 1.29 is 9.21 Å². The molecule has 1 fully saturated rings. The second kappa shape index (κ2) is 5.76. The molecule has 1 amide bonds. The lowest BCUT2D eigenvalue weighted by Gasteiger charge is -2.33. The van der Waals surface area contributed by atoms with E-state index >= 15 is 0 Å². The number of rotatable bonds is 2. The molecule has 0 spiro atoms. The highest BCUT2D eigenvalue weighted by molar-refractivity contribution is 6.01. The quantitative estimate of drug-likeness (QED) is 0.768. The van der Waals surface area contributed by atoms with Gasteiger partial charge in [0.15, 0.2) is 0 Å². The van der Waals surface area contributed by atoms with Gasteiger partial charge in [0, 0.05) is 38.5 Å². The van der Waals surface area contributed by atoms with Crippen molar-refractivity contribution in [3.05, 3.63) is 40.4 Å². The number of aromatic nitrogens is 2. The summed E-state index contributed by atoms with van der Waals surface area (Å²) in [5.74, 6) is 0.725. The minimum absolute atomic E-state index is 0.104. The summed E-state index contributed by atoms with van der Waals surface area (Å²) in [6, 6.07) is 7.51. The molecule has 0 saturated carbocycles. The van der Waals surface area contributed by atoms with E-state index in [0.29, 0.717) is 36.6 Å². The Morgan fingerprint density at radius 2 is 2.00 bits per heavy atom. The van der Waals surface area contributed by atoms with Crippen molar-refractivity contribution in [2.45, 2.75) is 13.5 Å². The van der Waals surface area contributed by atoms with Gasteiger partial charge in [0.25, 0.3) is 5.56 Å². The molecule has 4 rings (SSSR count). The molecule has 24 heavy (non-hydrogen) atoms. The lowest BCUT2D eigenvalue weighted by atomic mass is 10.2. The lowest BCUT2D eigenvalue weighted by Crippen LogP contribution is -2.47. The van der Waals surface area contributed by atoms with Gasteiger partial charge in [0.1, 0.15) is 16.9 Å². The normalized spacial score (nSPS) is 16.1. The third-order valence-electron chi connectivity index (χ3n) is 4.47. The predicted molar refractivity (Wildman–Crippen MR) is 89.7 cm³/mol. The Labute approximate surface area is 137 Å². The van der Waals surface area contributed by atoms with E-state index in [2.05, 4.69) is 14.9 Å². The molecule has 3 heterocycles. The van der Waals surface area contributed by atoms with Gasteiger partial charge in [-0.15, -0.1) is 0 Å². The molecule has 2 aromatic heterocycles. The molecule has 1 N–H and O–H groups in total. The number of H-pyrrole nitrogens is 1. The maximum atomic E-state index is 12.3. The Kier molecular flexibility index (Phi) is 3.57. The first-order valence-corrected chi connectivity index (χ1v) is 8.00. The van der Waals surface area contributed by atoms with Crippen LogP contribution in [0, 0.1) is 0 Å². The van der Waals surface area contributed by atoms with Gasteiger partial charge >= 0.3 is 0 Å². The van der Waals surface area contributed by atoms with Crippen molar-refractivity contribution in [1.29, 1.82) is 0 Å². The molecular weight excluding hydrogens is 308 g/mol. The molecule has 7 heteroatoms. The van der Waals surface area contributed by atoms with E-state index in [1.165, 1.54) is 0 Å². The zero-order valence-electron chi connectivity index (χ0n) is 13.4. The largest absolute Gasteiger partial charge is 0.449 e. The van der Waals surface area contributed by atoms with Gasteiger partial charge in [0.05, 0.1) is 6.54 Å². The van der Waals surface area contributed by atoms with E-state index in [9.17, 15) is 9.59 Å². The fourth-order valence-electron chi connectivity index (χ4n) is 3.16. The Hall–Kier alpha value is -2.67. The summed E-state index contributed by atoms with van der Waals surface area (Å²) in [7, 11) is 0. The third-order valence-corrected chi connectivity index (χ3v) is 4.47. The van der Waals surface area contributed by atoms with Gasteiger partial charge in [-0.1, -0.05) is 12.1 Å². The van der Waals surface area contributed by atoms with Gasteiger partial charge in [-0.3, -0.25) is 14.5 Å². The fraction of sp³-hybridized carbons (Fsp3) is 0.353. The Balaban J connectivity index is 1.62. The molecule has 1 saturated heterocycles. The topological polar surface area (TPSA) is 82.4 Å². The number of fused-ring (bicyclic) bond motifs is 3. The van der Waals surface area contributed by atoms with Crippen LogP contribution in [0.1, 0.15) is 12.7 Å². The van der Waals surface area contributed by atoms with E-state index in [-0.39, 0.29) is 17.0 Å². The molecule has 1 aliphatic heterocycles. The van der Waals surface area contributed by atoms with E-state index in [4.69, 9.17) is 4.42 Å². The smallest absolute Gasteiger partial charge is 0.294 e. The maximum Gasteiger partial charge on any atom is 0.294 e. The number of benzene rings is 1. The summed E-state index contributed by atoms with van der Waals surface area (Å²) in [4.78, 5) is 35.1. The molecule has 124 valence electrons. The molecule has 1 aliphatic rings. The van der Waals surface area contributed by atoms with Crippen LogP contribution in [0.3, 0.4) is 0 Å². The average molecular weight is 326 g/mol. The molecule has 0 aliphatic carbocycles. The number of amides is 1. The Morgan fingerprint density at radius 3 is 2.75 bits per heavy atom. The first-order valence-electron chi connectivity index (χ1n) is 8.00. The molecular formula is C17H18N4O3. The summed E-state index contributed by atoms with van der Waals surface area (Å²) in [5, 5.41) is 0.848. The van der Waals surface area contributed by atoms with Crippen LogP contribution in [0.2, 0.25) is 0 Å². The number of carbonyl (C=O) groups excluding carboxylic acids is 1. The van der Waals surface area contributed by atoms with Crippen LogP contribution in [0.4, 0.5) is 0 Å². The van der Waals surface area contributed by atoms with Gasteiger partial charge in [-0.05, 0) is 12.1 Å². The van der Waals surface area contributed by atoms with Crippen molar-refractivity contribution in [3.8, 4) is 0 Å². The number of para-hydroxylation sites is 1. The monoisotopic (exact) mass is 326 g/mol. The van der Waals surface area contributed by atoms with Crippen molar-refractivity contribution in [3.63, 3.8) is 0 Å². The molecule has 1 aromatic carbocycles. The van der Waals surface area contributed by atoms with Crippen molar-refractivity contribution >= 4 is 28.0 Å². The van der Waals surface area contributed by atoms with Crippen LogP contribution in [-0.4, -0.2) is 51.9 Å². The van der Waals surface area contributed by atoms with E-state index in [0.717, 1.165) is 18.5 Å². The standard InChI is InChI=1S/C17H18N4O3/c1-11(22)21-8-6-20(7-9-21)10-14-18-15-12-4-2-3-5-13(12)24-16(15)17(23)19-14/h2-5H,6-10H2,1H3,(H,18,19,23). The zero-order chi connectivity index (χ0) is 16.7. The van der Waals surface area contributed by atoms with Gasteiger partial charge in [-0.2, -0.15) is 0 Å². The van der Waals surface area contributed by atoms with Crippen LogP contribution in [-0.2, 0) is 11.3 Å². The highest BCUT2D eigenvalue weighted by Crippen LogP contribution is 2.24. The van der Waals surface area contributed by atoms with E-state index in [1.54, 1.807) is 6.92 Å². The first kappa shape index (κ1) is 14.9. The molecule has 0 atom stereocenters. The average Bonchev–Trinajstić information content (AvgIpc) is 2.95. The van der Waals surface area contributed by atoms with Gasteiger partial charge in [0.2, 0.25) is 11.5 Å². The van der Waals surface area contributed by atoms with Crippen molar-refractivity contribution in [2.24, 2.45) is 0 Å². The SMILES string of the molecule is CC(=O)N1CCN(Cc2nc3c(oc4ccccc43)c(=O)[nH]2)CC1. The Bertz CT molecular complexity index is 967. The number of piperazine rings is 1. The number of hydrogen-bond donors (Lipinski definition) is 1. The number of furan rings is 1. The van der Waals surface area contributed by atoms with Crippen LogP contribution in [0.5, 0.6) is 0 Å². The summed E-state index contributed by atoms with van der Waals surface area (Å²) < 4.78 is 5.60. The summed E-state index contributed by atoms with van der Waals surface area (Å²) in [5.41, 5.74) is 1.28. The molecule has 7 nitrogen and oxygen atoms in total. The highest BCUT2D eigenvalue weighted by atomic mass is 16.3. The fourth-order valence-corrected chi connectivity index (χ4v) is 3.16. The molecule has 0 radical (unpaired) electrons. The third kappa shape index (κ3) is 2.56. The highest BCUT2D eigenvalue weighted by Gasteiger charge is 2.20. The van der Waals surface area contributed by atoms with Gasteiger partial charge < -0.3 is 14.3 Å². The summed E-state index contributed by atoms with van der Waals surface area (Å²) >= 11 is 0.